The molecule has 0 radical (unpaired) electrons. The third-order valence-corrected chi connectivity index (χ3v) is 8.12. The topological polar surface area (TPSA) is 121 Å². The van der Waals surface area contributed by atoms with Crippen LogP contribution in [0.5, 0.6) is 5.75 Å². The van der Waals surface area contributed by atoms with E-state index in [4.69, 9.17) is 77.6 Å². The van der Waals surface area contributed by atoms with Crippen molar-refractivity contribution in [1.82, 2.24) is 0 Å². The normalized spacial score (nSPS) is 10.9. The minimum atomic E-state index is -0.736. The molecule has 3 N–H and O–H groups in total. The van der Waals surface area contributed by atoms with Crippen LogP contribution in [0.4, 0.5) is 5.00 Å². The van der Waals surface area contributed by atoms with Gasteiger partial charge in [0.05, 0.1) is 32.1 Å². The average molecular weight is 615 g/mol. The summed E-state index contributed by atoms with van der Waals surface area (Å²) < 4.78 is 16.3. The van der Waals surface area contributed by atoms with Crippen molar-refractivity contribution in [2.75, 3.05) is 11.9 Å². The van der Waals surface area contributed by atoms with Crippen LogP contribution in [0.1, 0.15) is 55.3 Å². The Balaban J connectivity index is 1.79. The number of rotatable bonds is 9. The molecule has 36 heavy (non-hydrogen) atoms. The number of benzene rings is 1. The maximum Gasteiger partial charge on any atom is 0.341 e. The Morgan fingerprint density at radius 3 is 2.22 bits per heavy atom. The first-order chi connectivity index (χ1) is 17.0. The first-order valence-electron chi connectivity index (χ1n) is 10.1. The number of amides is 2. The minimum Gasteiger partial charge on any atom is -0.482 e. The molecule has 0 aliphatic carbocycles. The van der Waals surface area contributed by atoms with Gasteiger partial charge in [0.2, 0.25) is 0 Å². The maximum atomic E-state index is 12.8. The number of anilines is 1. The van der Waals surface area contributed by atoms with Gasteiger partial charge in [-0.25, -0.2) is 4.79 Å². The number of nitrogens with two attached hydrogens (primary N) is 1. The van der Waals surface area contributed by atoms with Gasteiger partial charge in [0.1, 0.15) is 27.4 Å². The number of nitrogens with one attached hydrogen (secondary N) is 1. The fraction of sp³-hybridized carbons (Fsp3) is 0.227. The molecule has 0 saturated heterocycles. The molecule has 8 nitrogen and oxygen atoms in total. The van der Waals surface area contributed by atoms with Crippen molar-refractivity contribution in [2.45, 2.75) is 26.9 Å². The van der Waals surface area contributed by atoms with Crippen LogP contribution in [-0.2, 0) is 11.3 Å². The number of ether oxygens (including phenoxy) is 2. The second kappa shape index (κ2) is 11.9. The number of hydrogen-bond donors (Lipinski definition) is 2. The second-order valence-corrected chi connectivity index (χ2v) is 10.1. The highest BCUT2D eigenvalue weighted by Gasteiger charge is 2.27. The summed E-state index contributed by atoms with van der Waals surface area (Å²) in [6, 6.07) is 2.88. The van der Waals surface area contributed by atoms with Crippen LogP contribution in [-0.4, -0.2) is 24.4 Å². The van der Waals surface area contributed by atoms with E-state index in [-0.39, 0.29) is 71.0 Å². The summed E-state index contributed by atoms with van der Waals surface area (Å²) in [6.07, 6.45) is 0.599. The van der Waals surface area contributed by atoms with Crippen LogP contribution >= 0.6 is 69.3 Å². The summed E-state index contributed by atoms with van der Waals surface area (Å²) in [5.41, 5.74) is 5.76. The lowest BCUT2D eigenvalue weighted by atomic mass is 10.1. The zero-order valence-corrected chi connectivity index (χ0v) is 23.2. The quantitative estimate of drug-likeness (QED) is 0.147. The molecule has 2 heterocycles. The van der Waals surface area contributed by atoms with Crippen LogP contribution in [0.3, 0.4) is 0 Å². The number of furan rings is 1. The molecule has 14 heteroatoms. The average Bonchev–Trinajstić information content (AvgIpc) is 3.44. The summed E-state index contributed by atoms with van der Waals surface area (Å²) in [7, 11) is 0. The molecule has 2 aromatic heterocycles. The van der Waals surface area contributed by atoms with E-state index in [1.807, 2.05) is 6.92 Å². The molecule has 0 aliphatic heterocycles. The van der Waals surface area contributed by atoms with E-state index in [2.05, 4.69) is 5.32 Å². The molecule has 0 spiro atoms. The van der Waals surface area contributed by atoms with E-state index in [0.717, 1.165) is 11.3 Å². The maximum absolute atomic E-state index is 12.8. The number of thiophene rings is 1. The summed E-state index contributed by atoms with van der Waals surface area (Å²) in [6.45, 7) is 3.37. The van der Waals surface area contributed by atoms with Crippen LogP contribution in [0.2, 0.25) is 25.1 Å². The van der Waals surface area contributed by atoms with Crippen molar-refractivity contribution < 1.29 is 28.3 Å². The zero-order valence-electron chi connectivity index (χ0n) is 18.6. The molecule has 0 bridgehead atoms. The van der Waals surface area contributed by atoms with E-state index >= 15 is 0 Å². The Bertz CT molecular complexity index is 1320. The number of hydrogen-bond acceptors (Lipinski definition) is 7. The number of carbonyl (C=O) groups is 3. The monoisotopic (exact) mass is 612 g/mol. The lowest BCUT2D eigenvalue weighted by molar-refractivity contribution is 0.0506. The van der Waals surface area contributed by atoms with E-state index in [1.165, 1.54) is 12.1 Å². The lowest BCUT2D eigenvalue weighted by Gasteiger charge is -2.12. The Morgan fingerprint density at radius 2 is 1.64 bits per heavy atom. The van der Waals surface area contributed by atoms with E-state index in [9.17, 15) is 14.4 Å². The van der Waals surface area contributed by atoms with Crippen molar-refractivity contribution in [2.24, 2.45) is 5.73 Å². The summed E-state index contributed by atoms with van der Waals surface area (Å²) in [5, 5.41) is 2.52. The van der Waals surface area contributed by atoms with Crippen LogP contribution in [0.15, 0.2) is 16.5 Å². The Hall–Kier alpha value is -2.14. The van der Waals surface area contributed by atoms with Crippen molar-refractivity contribution in [3.63, 3.8) is 0 Å². The van der Waals surface area contributed by atoms with Crippen molar-refractivity contribution in [1.29, 1.82) is 0 Å². The van der Waals surface area contributed by atoms with Gasteiger partial charge in [0, 0.05) is 0 Å². The molecule has 192 valence electrons. The first kappa shape index (κ1) is 28.4. The molecule has 3 rings (SSSR count). The molecular weight excluding hydrogens is 598 g/mol. The molecular formula is C22H17Cl5N2O6S. The number of carbonyl (C=O) groups excluding carboxylic acids is 3. The highest BCUT2D eigenvalue weighted by atomic mass is 35.5. The van der Waals surface area contributed by atoms with Gasteiger partial charge >= 0.3 is 5.97 Å². The number of esters is 1. The van der Waals surface area contributed by atoms with Crippen LogP contribution in [0.25, 0.3) is 0 Å². The molecule has 0 unspecified atom stereocenters. The Kier molecular flexibility index (Phi) is 9.43. The third-order valence-electron chi connectivity index (χ3n) is 4.65. The Labute approximate surface area is 234 Å². The highest BCUT2D eigenvalue weighted by molar-refractivity contribution is 7.18. The Morgan fingerprint density at radius 1 is 1.03 bits per heavy atom. The van der Waals surface area contributed by atoms with E-state index < -0.39 is 17.8 Å². The van der Waals surface area contributed by atoms with Crippen LogP contribution < -0.4 is 15.8 Å². The van der Waals surface area contributed by atoms with E-state index in [0.29, 0.717) is 12.0 Å². The molecule has 0 atom stereocenters. The number of halogens is 5. The van der Waals surface area contributed by atoms with Gasteiger partial charge in [0.15, 0.2) is 11.5 Å². The smallest absolute Gasteiger partial charge is 0.341 e. The molecule has 0 saturated carbocycles. The summed E-state index contributed by atoms with van der Waals surface area (Å²) in [4.78, 5) is 37.3. The fourth-order valence-corrected chi connectivity index (χ4v) is 5.22. The van der Waals surface area contributed by atoms with Gasteiger partial charge in [-0.2, -0.15) is 0 Å². The third kappa shape index (κ3) is 5.88. The molecule has 0 fully saturated rings. The standard InChI is InChI=1S/C22H17Cl5N2O6S/c1-3-6-33-22(32)11-8(2)18(19(28)30)36-21(11)29-20(31)10-5-4-9(35-10)7-34-17-15(26)13(24)12(23)14(25)16(17)27/h4-5H,3,6-7H2,1-2H3,(H2,28,30)(H,29,31). The second-order valence-electron chi connectivity index (χ2n) is 7.17. The van der Waals surface area contributed by atoms with Gasteiger partial charge in [-0.3, -0.25) is 9.59 Å². The highest BCUT2D eigenvalue weighted by Crippen LogP contribution is 2.48. The molecule has 3 aromatic rings. The van der Waals surface area contributed by atoms with Crippen LogP contribution in [0, 0.1) is 6.92 Å². The van der Waals surface area contributed by atoms with E-state index in [1.54, 1.807) is 6.92 Å². The predicted molar refractivity (Wildman–Crippen MR) is 141 cm³/mol. The van der Waals surface area contributed by atoms with Crippen molar-refractivity contribution in [3.8, 4) is 5.75 Å². The van der Waals surface area contributed by atoms with Gasteiger partial charge in [-0.05, 0) is 31.0 Å². The summed E-state index contributed by atoms with van der Waals surface area (Å²) >= 11 is 31.2. The van der Waals surface area contributed by atoms with Gasteiger partial charge in [0.25, 0.3) is 11.8 Å². The molecule has 0 aliphatic rings. The molecule has 2 amide bonds. The van der Waals surface area contributed by atoms with Gasteiger partial charge in [-0.15, -0.1) is 11.3 Å². The molecule has 1 aromatic carbocycles. The fourth-order valence-electron chi connectivity index (χ4n) is 2.95. The lowest BCUT2D eigenvalue weighted by Crippen LogP contribution is -2.15. The van der Waals surface area contributed by atoms with Crippen molar-refractivity contribution >= 4 is 92.1 Å². The minimum absolute atomic E-state index is 0.0107. The largest absolute Gasteiger partial charge is 0.482 e. The SMILES string of the molecule is CCCOC(=O)c1c(NC(=O)c2ccc(COc3c(Cl)c(Cl)c(Cl)c(Cl)c3Cl)o2)sc(C(N)=O)c1C. The van der Waals surface area contributed by atoms with Crippen molar-refractivity contribution in [3.05, 3.63) is 64.8 Å². The first-order valence-corrected chi connectivity index (χ1v) is 12.8. The predicted octanol–water partition coefficient (Wildman–Crippen LogP) is 7.41. The zero-order chi connectivity index (χ0) is 26.7. The summed E-state index contributed by atoms with van der Waals surface area (Å²) in [5.74, 6) is -1.98. The van der Waals surface area contributed by atoms with Gasteiger partial charge < -0.3 is 24.9 Å². The van der Waals surface area contributed by atoms with Gasteiger partial charge in [-0.1, -0.05) is 64.9 Å². The number of primary amides is 1.